The quantitative estimate of drug-likeness (QED) is 0.369. The highest BCUT2D eigenvalue weighted by Gasteiger charge is 2.14. The first-order chi connectivity index (χ1) is 16.4. The lowest BCUT2D eigenvalue weighted by Crippen LogP contribution is -2.13. The van der Waals surface area contributed by atoms with Gasteiger partial charge in [-0.3, -0.25) is 14.6 Å². The van der Waals surface area contributed by atoms with Crippen LogP contribution < -0.4 is 10.6 Å². The Hall–Kier alpha value is -4.86. The second-order valence-corrected chi connectivity index (χ2v) is 7.57. The van der Waals surface area contributed by atoms with Gasteiger partial charge in [-0.25, -0.2) is 14.1 Å². The van der Waals surface area contributed by atoms with Crippen LogP contribution in [0.3, 0.4) is 0 Å². The molecule has 0 aliphatic carbocycles. The molecule has 3 N–H and O–H groups in total. The number of benzene rings is 2. The molecule has 0 bridgehead atoms. The molecule has 10 heteroatoms. The zero-order chi connectivity index (χ0) is 23.7. The summed E-state index contributed by atoms with van der Waals surface area (Å²) in [5, 5.41) is 9.77. The molecule has 3 aromatic heterocycles. The number of nitrogens with one attached hydrogen (secondary N) is 3. The Labute approximate surface area is 192 Å². The monoisotopic (exact) mass is 455 g/mol. The number of pyridine rings is 1. The van der Waals surface area contributed by atoms with Crippen molar-refractivity contribution in [2.75, 3.05) is 10.6 Å². The van der Waals surface area contributed by atoms with E-state index in [-0.39, 0.29) is 11.7 Å². The van der Waals surface area contributed by atoms with Crippen molar-refractivity contribution in [1.29, 1.82) is 0 Å². The van der Waals surface area contributed by atoms with E-state index >= 15 is 0 Å². The van der Waals surface area contributed by atoms with Crippen LogP contribution in [-0.2, 0) is 0 Å². The number of H-pyrrole nitrogens is 1. The van der Waals surface area contributed by atoms with Crippen molar-refractivity contribution in [2.24, 2.45) is 0 Å². The molecule has 0 saturated carbocycles. The van der Waals surface area contributed by atoms with Gasteiger partial charge in [-0.15, -0.1) is 0 Å². The summed E-state index contributed by atoms with van der Waals surface area (Å²) in [4.78, 5) is 36.3. The molecule has 0 spiro atoms. The van der Waals surface area contributed by atoms with Gasteiger partial charge in [0.15, 0.2) is 5.82 Å². The van der Waals surface area contributed by atoms with Crippen LogP contribution in [0.2, 0.25) is 0 Å². The van der Waals surface area contributed by atoms with Crippen LogP contribution in [0.5, 0.6) is 0 Å². The topological polar surface area (TPSA) is 118 Å². The number of hydrogen-bond acceptors (Lipinski definition) is 5. The fourth-order valence-corrected chi connectivity index (χ4v) is 3.34. The van der Waals surface area contributed by atoms with Gasteiger partial charge in [0.05, 0.1) is 46.7 Å². The Balaban J connectivity index is 1.30. The van der Waals surface area contributed by atoms with Crippen LogP contribution in [0.4, 0.5) is 15.8 Å². The summed E-state index contributed by atoms with van der Waals surface area (Å²) in [7, 11) is 0. The maximum atomic E-state index is 13.4. The van der Waals surface area contributed by atoms with Gasteiger partial charge < -0.3 is 15.6 Å². The minimum Gasteiger partial charge on any atom is -0.334 e. The van der Waals surface area contributed by atoms with Crippen molar-refractivity contribution in [1.82, 2.24) is 24.7 Å². The van der Waals surface area contributed by atoms with E-state index in [9.17, 15) is 14.0 Å². The molecule has 0 aliphatic rings. The number of halogens is 1. The molecule has 5 rings (SSSR count). The lowest BCUT2D eigenvalue weighted by molar-refractivity contribution is 0.101. The van der Waals surface area contributed by atoms with Gasteiger partial charge in [0.25, 0.3) is 11.8 Å². The smallest absolute Gasteiger partial charge is 0.291 e. The van der Waals surface area contributed by atoms with E-state index in [4.69, 9.17) is 0 Å². The Morgan fingerprint density at radius 3 is 2.65 bits per heavy atom. The number of carbonyl (C=O) groups is 2. The third kappa shape index (κ3) is 4.37. The zero-order valence-electron chi connectivity index (χ0n) is 17.9. The number of aromatic nitrogens is 5. The van der Waals surface area contributed by atoms with Crippen molar-refractivity contribution >= 4 is 34.2 Å². The number of carbonyl (C=O) groups excluding carboxylic acids is 2. The Kier molecular flexibility index (Phi) is 5.30. The van der Waals surface area contributed by atoms with Gasteiger partial charge in [0.2, 0.25) is 0 Å². The number of aromatic amines is 1. The number of anilines is 2. The molecule has 0 aliphatic heterocycles. The van der Waals surface area contributed by atoms with E-state index in [0.29, 0.717) is 33.7 Å². The van der Waals surface area contributed by atoms with E-state index in [2.05, 4.69) is 30.7 Å². The number of imidazole rings is 1. The van der Waals surface area contributed by atoms with E-state index in [0.717, 1.165) is 5.69 Å². The first-order valence-electron chi connectivity index (χ1n) is 10.3. The summed E-state index contributed by atoms with van der Waals surface area (Å²) in [6, 6.07) is 14.5. The highest BCUT2D eigenvalue weighted by Crippen LogP contribution is 2.17. The highest BCUT2D eigenvalue weighted by atomic mass is 19.1. The SMILES string of the molecule is Cc1ccc(NC(=O)c2cccc(-n3cc(NC(=O)c4nc5ccc(F)cc5[nH]4)cn3)c2)cn1. The Morgan fingerprint density at radius 2 is 1.82 bits per heavy atom. The van der Waals surface area contributed by atoms with E-state index in [1.807, 2.05) is 13.0 Å². The molecule has 5 aromatic rings. The van der Waals surface area contributed by atoms with Gasteiger partial charge in [-0.2, -0.15) is 5.10 Å². The second-order valence-electron chi connectivity index (χ2n) is 7.57. The van der Waals surface area contributed by atoms with Crippen LogP contribution >= 0.6 is 0 Å². The summed E-state index contributed by atoms with van der Waals surface area (Å²) >= 11 is 0. The van der Waals surface area contributed by atoms with Crippen LogP contribution in [0.1, 0.15) is 26.7 Å². The minimum absolute atomic E-state index is 0.0533. The summed E-state index contributed by atoms with van der Waals surface area (Å²) in [5.41, 5.74) is 3.87. The fourth-order valence-electron chi connectivity index (χ4n) is 3.34. The first-order valence-corrected chi connectivity index (χ1v) is 10.3. The van der Waals surface area contributed by atoms with E-state index in [1.54, 1.807) is 42.7 Å². The number of amides is 2. The maximum absolute atomic E-state index is 13.4. The van der Waals surface area contributed by atoms with Crippen molar-refractivity contribution in [3.63, 3.8) is 0 Å². The zero-order valence-corrected chi connectivity index (χ0v) is 17.9. The molecule has 168 valence electrons. The largest absolute Gasteiger partial charge is 0.334 e. The van der Waals surface area contributed by atoms with Crippen molar-refractivity contribution in [3.8, 4) is 5.69 Å². The Morgan fingerprint density at radius 1 is 0.971 bits per heavy atom. The molecule has 0 fully saturated rings. The summed E-state index contributed by atoms with van der Waals surface area (Å²) in [6.45, 7) is 1.87. The molecule has 2 aromatic carbocycles. The van der Waals surface area contributed by atoms with Gasteiger partial charge in [0.1, 0.15) is 5.82 Å². The molecule has 3 heterocycles. The molecule has 9 nitrogen and oxygen atoms in total. The lowest BCUT2D eigenvalue weighted by atomic mass is 10.2. The standard InChI is InChI=1S/C24H18FN7O2/c1-14-5-7-17(11-26-14)28-23(33)15-3-2-4-19(9-15)32-13-18(12-27-32)29-24(34)22-30-20-8-6-16(25)10-21(20)31-22/h2-13H,1H3,(H,28,33)(H,29,34)(H,30,31). The Bertz CT molecular complexity index is 1520. The third-order valence-corrected chi connectivity index (χ3v) is 5.04. The van der Waals surface area contributed by atoms with Crippen LogP contribution in [0.25, 0.3) is 16.7 Å². The summed E-state index contributed by atoms with van der Waals surface area (Å²) in [6.07, 6.45) is 4.68. The van der Waals surface area contributed by atoms with E-state index in [1.165, 1.54) is 29.1 Å². The molecule has 0 atom stereocenters. The van der Waals surface area contributed by atoms with Gasteiger partial charge in [0, 0.05) is 11.3 Å². The number of fused-ring (bicyclic) bond motifs is 1. The average Bonchev–Trinajstić information content (AvgIpc) is 3.47. The summed E-state index contributed by atoms with van der Waals surface area (Å²) < 4.78 is 14.9. The maximum Gasteiger partial charge on any atom is 0.291 e. The molecule has 0 saturated heterocycles. The molecule has 0 radical (unpaired) electrons. The molecule has 34 heavy (non-hydrogen) atoms. The molecular formula is C24H18FN7O2. The fraction of sp³-hybridized carbons (Fsp3) is 0.0417. The van der Waals surface area contributed by atoms with Crippen LogP contribution in [0.15, 0.2) is 73.2 Å². The predicted octanol–water partition coefficient (Wildman–Crippen LogP) is 4.10. The molecule has 2 amide bonds. The molecule has 0 unspecified atom stereocenters. The number of nitrogens with zero attached hydrogens (tertiary/aromatic N) is 4. The first kappa shape index (κ1) is 21.0. The highest BCUT2D eigenvalue weighted by molar-refractivity contribution is 6.04. The van der Waals surface area contributed by atoms with Crippen molar-refractivity contribution in [2.45, 2.75) is 6.92 Å². The third-order valence-electron chi connectivity index (χ3n) is 5.04. The average molecular weight is 455 g/mol. The number of hydrogen-bond donors (Lipinski definition) is 3. The van der Waals surface area contributed by atoms with Crippen molar-refractivity contribution in [3.05, 3.63) is 96.1 Å². The van der Waals surface area contributed by atoms with Crippen LogP contribution in [-0.4, -0.2) is 36.5 Å². The summed E-state index contributed by atoms with van der Waals surface area (Å²) in [5.74, 6) is -1.14. The molecular weight excluding hydrogens is 437 g/mol. The van der Waals surface area contributed by atoms with Crippen LogP contribution in [0, 0.1) is 12.7 Å². The lowest BCUT2D eigenvalue weighted by Gasteiger charge is -2.07. The van der Waals surface area contributed by atoms with Gasteiger partial charge in [-0.05, 0) is 55.5 Å². The van der Waals surface area contributed by atoms with Gasteiger partial charge >= 0.3 is 0 Å². The predicted molar refractivity (Wildman–Crippen MR) is 124 cm³/mol. The number of rotatable bonds is 5. The minimum atomic E-state index is -0.490. The number of aryl methyl sites for hydroxylation is 1. The second kappa shape index (κ2) is 8.58. The van der Waals surface area contributed by atoms with Gasteiger partial charge in [-0.1, -0.05) is 6.07 Å². The normalized spacial score (nSPS) is 10.9. The van der Waals surface area contributed by atoms with E-state index < -0.39 is 11.7 Å². The van der Waals surface area contributed by atoms with Crippen molar-refractivity contribution < 1.29 is 14.0 Å².